The number of quaternary nitrogens is 1. The number of aryl methyl sites for hydroxylation is 2. The molecule has 3 rings (SSSR count). The molecule has 0 amide bonds. The maximum Gasteiger partial charge on any atom is 0.135 e. The Bertz CT molecular complexity index is 755. The molecule has 0 saturated carbocycles. The minimum Gasteiger partial charge on any atom is -0.295 e. The standard InChI is InChI=1S/C22H22IN/c1-17-14-22(18(2)13-21(17)23)24(15-19-9-5-3-6-10-19)16-20-11-7-4-8-12-20/h3-14H,15-16H2,1-2H3/p+1. The van der Waals surface area contributed by atoms with Gasteiger partial charge in [-0.3, -0.25) is 4.90 Å². The lowest BCUT2D eigenvalue weighted by Crippen LogP contribution is -3.04. The summed E-state index contributed by atoms with van der Waals surface area (Å²) in [5.41, 5.74) is 6.88. The lowest BCUT2D eigenvalue weighted by Gasteiger charge is -2.22. The molecule has 0 aliphatic carbocycles. The van der Waals surface area contributed by atoms with Gasteiger partial charge in [0.15, 0.2) is 0 Å². The Morgan fingerprint density at radius 3 is 1.71 bits per heavy atom. The molecule has 0 aliphatic heterocycles. The molecule has 0 saturated heterocycles. The minimum atomic E-state index is 0.997. The summed E-state index contributed by atoms with van der Waals surface area (Å²) >= 11 is 2.43. The summed E-state index contributed by atoms with van der Waals surface area (Å²) in [4.78, 5) is 1.49. The maximum absolute atomic E-state index is 2.43. The fourth-order valence-corrected chi connectivity index (χ4v) is 3.72. The molecule has 0 spiro atoms. The molecule has 1 nitrogen and oxygen atoms in total. The van der Waals surface area contributed by atoms with E-state index in [0.717, 1.165) is 13.1 Å². The number of halogens is 1. The average Bonchev–Trinajstić information content (AvgIpc) is 2.59. The molecule has 0 fully saturated rings. The van der Waals surface area contributed by atoms with Crippen molar-refractivity contribution in [1.82, 2.24) is 0 Å². The number of rotatable bonds is 5. The predicted molar refractivity (Wildman–Crippen MR) is 110 cm³/mol. The molecule has 0 bridgehead atoms. The lowest BCUT2D eigenvalue weighted by atomic mass is 10.1. The second-order valence-electron chi connectivity index (χ2n) is 6.34. The van der Waals surface area contributed by atoms with E-state index in [9.17, 15) is 0 Å². The van der Waals surface area contributed by atoms with Gasteiger partial charge < -0.3 is 0 Å². The summed E-state index contributed by atoms with van der Waals surface area (Å²) < 4.78 is 1.34. The highest BCUT2D eigenvalue weighted by Gasteiger charge is 2.17. The van der Waals surface area contributed by atoms with Crippen LogP contribution in [-0.4, -0.2) is 0 Å². The Kier molecular flexibility index (Phi) is 5.69. The Labute approximate surface area is 158 Å². The van der Waals surface area contributed by atoms with Gasteiger partial charge in [-0.05, 0) is 48.1 Å². The normalized spacial score (nSPS) is 11.0. The second-order valence-corrected chi connectivity index (χ2v) is 7.51. The van der Waals surface area contributed by atoms with E-state index in [1.807, 2.05) is 0 Å². The molecule has 0 aromatic heterocycles. The number of benzene rings is 3. The zero-order chi connectivity index (χ0) is 16.9. The van der Waals surface area contributed by atoms with Crippen molar-refractivity contribution in [3.63, 3.8) is 0 Å². The van der Waals surface area contributed by atoms with Crippen LogP contribution in [0.4, 0.5) is 5.69 Å². The predicted octanol–water partition coefficient (Wildman–Crippen LogP) is 4.82. The van der Waals surface area contributed by atoms with Gasteiger partial charge in [0.05, 0.1) is 0 Å². The fourth-order valence-electron chi connectivity index (χ4n) is 3.10. The first kappa shape index (κ1) is 17.2. The molecular formula is C22H23IN+. The van der Waals surface area contributed by atoms with E-state index in [2.05, 4.69) is 109 Å². The van der Waals surface area contributed by atoms with Crippen molar-refractivity contribution in [1.29, 1.82) is 0 Å². The van der Waals surface area contributed by atoms with E-state index < -0.39 is 0 Å². The Balaban J connectivity index is 1.96. The van der Waals surface area contributed by atoms with Gasteiger partial charge in [-0.1, -0.05) is 60.7 Å². The van der Waals surface area contributed by atoms with Gasteiger partial charge in [0.2, 0.25) is 0 Å². The van der Waals surface area contributed by atoms with E-state index in [1.165, 1.54) is 36.4 Å². The highest BCUT2D eigenvalue weighted by Crippen LogP contribution is 2.20. The van der Waals surface area contributed by atoms with Crippen molar-refractivity contribution in [2.24, 2.45) is 0 Å². The van der Waals surface area contributed by atoms with Crippen molar-refractivity contribution in [3.8, 4) is 0 Å². The zero-order valence-corrected chi connectivity index (χ0v) is 16.4. The SMILES string of the molecule is Cc1cc([NH+](Cc2ccccc2)Cc2ccccc2)c(C)cc1I. The Morgan fingerprint density at radius 1 is 0.708 bits per heavy atom. The number of nitrogens with one attached hydrogen (secondary N) is 1. The quantitative estimate of drug-likeness (QED) is 0.556. The van der Waals surface area contributed by atoms with Crippen LogP contribution in [0.2, 0.25) is 0 Å². The molecule has 122 valence electrons. The average molecular weight is 428 g/mol. The maximum atomic E-state index is 2.43. The topological polar surface area (TPSA) is 4.44 Å². The van der Waals surface area contributed by atoms with E-state index in [1.54, 1.807) is 0 Å². The first-order valence-electron chi connectivity index (χ1n) is 8.33. The molecule has 3 aromatic rings. The summed E-state index contributed by atoms with van der Waals surface area (Å²) in [6.45, 7) is 6.42. The molecular weight excluding hydrogens is 405 g/mol. The van der Waals surface area contributed by atoms with Gasteiger partial charge in [-0.2, -0.15) is 0 Å². The third-order valence-corrected chi connectivity index (χ3v) is 5.57. The van der Waals surface area contributed by atoms with Crippen molar-refractivity contribution < 1.29 is 4.90 Å². The van der Waals surface area contributed by atoms with E-state index in [-0.39, 0.29) is 0 Å². The lowest BCUT2D eigenvalue weighted by molar-refractivity contribution is -0.862. The van der Waals surface area contributed by atoms with Crippen LogP contribution in [0.3, 0.4) is 0 Å². The first-order chi connectivity index (χ1) is 11.6. The molecule has 0 atom stereocenters. The monoisotopic (exact) mass is 428 g/mol. The van der Waals surface area contributed by atoms with Gasteiger partial charge >= 0.3 is 0 Å². The molecule has 3 aromatic carbocycles. The molecule has 0 unspecified atom stereocenters. The summed E-state index contributed by atoms with van der Waals surface area (Å²) in [6, 6.07) is 26.2. The van der Waals surface area contributed by atoms with Crippen LogP contribution in [0.1, 0.15) is 22.3 Å². The van der Waals surface area contributed by atoms with Crippen molar-refractivity contribution in [2.45, 2.75) is 26.9 Å². The highest BCUT2D eigenvalue weighted by atomic mass is 127. The Hall–Kier alpha value is -1.65. The van der Waals surface area contributed by atoms with Gasteiger partial charge in [0.25, 0.3) is 0 Å². The third kappa shape index (κ3) is 4.25. The fraction of sp³-hybridized carbons (Fsp3) is 0.182. The van der Waals surface area contributed by atoms with Crippen LogP contribution in [0.15, 0.2) is 72.8 Å². The minimum absolute atomic E-state index is 0.997. The van der Waals surface area contributed by atoms with Crippen molar-refractivity contribution in [3.05, 3.63) is 98.6 Å². The molecule has 24 heavy (non-hydrogen) atoms. The van der Waals surface area contributed by atoms with Gasteiger partial charge in [0, 0.05) is 26.3 Å². The smallest absolute Gasteiger partial charge is 0.135 e. The van der Waals surface area contributed by atoms with E-state index in [4.69, 9.17) is 0 Å². The van der Waals surface area contributed by atoms with E-state index in [0.29, 0.717) is 0 Å². The van der Waals surface area contributed by atoms with Crippen molar-refractivity contribution in [2.75, 3.05) is 0 Å². The summed E-state index contributed by atoms with van der Waals surface area (Å²) in [6.07, 6.45) is 0. The van der Waals surface area contributed by atoms with Crippen LogP contribution in [0.25, 0.3) is 0 Å². The highest BCUT2D eigenvalue weighted by molar-refractivity contribution is 14.1. The van der Waals surface area contributed by atoms with Crippen LogP contribution in [-0.2, 0) is 13.1 Å². The first-order valence-corrected chi connectivity index (χ1v) is 9.41. The van der Waals surface area contributed by atoms with Gasteiger partial charge in [0.1, 0.15) is 18.8 Å². The van der Waals surface area contributed by atoms with Crippen LogP contribution >= 0.6 is 22.6 Å². The second kappa shape index (κ2) is 7.95. The van der Waals surface area contributed by atoms with Crippen molar-refractivity contribution >= 4 is 28.3 Å². The van der Waals surface area contributed by atoms with Gasteiger partial charge in [-0.15, -0.1) is 0 Å². The van der Waals surface area contributed by atoms with Crippen LogP contribution in [0.5, 0.6) is 0 Å². The van der Waals surface area contributed by atoms with Crippen LogP contribution in [0, 0.1) is 17.4 Å². The Morgan fingerprint density at radius 2 is 1.21 bits per heavy atom. The molecule has 1 N–H and O–H groups in total. The summed E-state index contributed by atoms with van der Waals surface area (Å²) in [7, 11) is 0. The molecule has 0 radical (unpaired) electrons. The number of hydrogen-bond acceptors (Lipinski definition) is 0. The summed E-state index contributed by atoms with van der Waals surface area (Å²) in [5, 5.41) is 0. The van der Waals surface area contributed by atoms with Gasteiger partial charge in [-0.25, -0.2) is 0 Å². The number of hydrogen-bond donors (Lipinski definition) is 1. The third-order valence-electron chi connectivity index (χ3n) is 4.41. The largest absolute Gasteiger partial charge is 0.295 e. The molecule has 2 heteroatoms. The molecule has 0 heterocycles. The zero-order valence-electron chi connectivity index (χ0n) is 14.2. The van der Waals surface area contributed by atoms with Crippen LogP contribution < -0.4 is 4.90 Å². The molecule has 0 aliphatic rings. The van der Waals surface area contributed by atoms with E-state index >= 15 is 0 Å². The summed E-state index contributed by atoms with van der Waals surface area (Å²) in [5.74, 6) is 0.